The first-order valence-electron chi connectivity index (χ1n) is 5.69. The lowest BCUT2D eigenvalue weighted by Crippen LogP contribution is -2.07. The van der Waals surface area contributed by atoms with E-state index in [-0.39, 0.29) is 5.91 Å². The van der Waals surface area contributed by atoms with Crippen LogP contribution in [0.15, 0.2) is 71.0 Å². The summed E-state index contributed by atoms with van der Waals surface area (Å²) in [4.78, 5) is 12.6. The number of para-hydroxylation sites is 1. The van der Waals surface area contributed by atoms with Crippen LogP contribution >= 0.6 is 23.4 Å². The summed E-state index contributed by atoms with van der Waals surface area (Å²) in [7, 11) is 0. The van der Waals surface area contributed by atoms with Gasteiger partial charge < -0.3 is 5.32 Å². The quantitative estimate of drug-likeness (QED) is 0.659. The monoisotopic (exact) mass is 289 g/mol. The zero-order valence-corrected chi connectivity index (χ0v) is 11.6. The molecule has 2 nitrogen and oxygen atoms in total. The van der Waals surface area contributed by atoms with Gasteiger partial charge >= 0.3 is 0 Å². The van der Waals surface area contributed by atoms with Crippen LogP contribution in [0.2, 0.25) is 5.02 Å². The number of nitrogens with one attached hydrogen (secondary N) is 1. The van der Waals surface area contributed by atoms with Crippen molar-refractivity contribution in [3.63, 3.8) is 0 Å². The first kappa shape index (κ1) is 13.7. The number of hydrogen-bond acceptors (Lipinski definition) is 2. The Morgan fingerprint density at radius 2 is 1.74 bits per heavy atom. The third-order valence-corrected chi connectivity index (χ3v) is 3.62. The summed E-state index contributed by atoms with van der Waals surface area (Å²) in [6.07, 6.45) is 1.49. The molecule has 0 saturated heterocycles. The van der Waals surface area contributed by atoms with Gasteiger partial charge in [-0.25, -0.2) is 0 Å². The van der Waals surface area contributed by atoms with Crippen molar-refractivity contribution < 1.29 is 4.79 Å². The van der Waals surface area contributed by atoms with E-state index in [0.29, 0.717) is 5.02 Å². The third kappa shape index (κ3) is 4.47. The molecule has 0 saturated carbocycles. The molecular weight excluding hydrogens is 278 g/mol. The van der Waals surface area contributed by atoms with Crippen LogP contribution in [0.3, 0.4) is 0 Å². The summed E-state index contributed by atoms with van der Waals surface area (Å²) in [6.45, 7) is 0. The second-order valence-corrected chi connectivity index (χ2v) is 5.06. The minimum Gasteiger partial charge on any atom is -0.322 e. The molecule has 0 bridgehead atoms. The Labute approximate surface area is 121 Å². The number of rotatable bonds is 4. The fraction of sp³-hybridized carbons (Fsp3) is 0. The summed E-state index contributed by atoms with van der Waals surface area (Å²) in [5, 5.41) is 5.17. The SMILES string of the molecule is O=C(C=CSc1ccccc1Cl)Nc1ccccc1. The predicted molar refractivity (Wildman–Crippen MR) is 81.5 cm³/mol. The van der Waals surface area contributed by atoms with Crippen molar-refractivity contribution in [2.45, 2.75) is 4.90 Å². The molecule has 0 aromatic heterocycles. The minimum absolute atomic E-state index is 0.161. The number of amides is 1. The molecule has 96 valence electrons. The van der Waals surface area contributed by atoms with Gasteiger partial charge in [-0.05, 0) is 29.7 Å². The van der Waals surface area contributed by atoms with Crippen LogP contribution in [-0.4, -0.2) is 5.91 Å². The molecule has 4 heteroatoms. The van der Waals surface area contributed by atoms with Crippen LogP contribution in [0, 0.1) is 0 Å². The molecule has 2 rings (SSSR count). The Hall–Kier alpha value is -1.71. The fourth-order valence-electron chi connectivity index (χ4n) is 1.41. The van der Waals surface area contributed by atoms with Crippen molar-refractivity contribution in [2.75, 3.05) is 5.32 Å². The molecule has 0 fully saturated rings. The van der Waals surface area contributed by atoms with E-state index in [0.717, 1.165) is 10.6 Å². The number of halogens is 1. The first-order chi connectivity index (χ1) is 9.25. The van der Waals surface area contributed by atoms with E-state index >= 15 is 0 Å². The van der Waals surface area contributed by atoms with Crippen LogP contribution in [0.1, 0.15) is 0 Å². The third-order valence-electron chi connectivity index (χ3n) is 2.29. The maximum Gasteiger partial charge on any atom is 0.248 e. The van der Waals surface area contributed by atoms with Crippen molar-refractivity contribution in [1.29, 1.82) is 0 Å². The highest BCUT2D eigenvalue weighted by atomic mass is 35.5. The molecule has 1 amide bonds. The average molecular weight is 290 g/mol. The Balaban J connectivity index is 1.89. The van der Waals surface area contributed by atoms with Crippen LogP contribution in [0.25, 0.3) is 0 Å². The largest absolute Gasteiger partial charge is 0.322 e. The zero-order valence-electron chi connectivity index (χ0n) is 10.0. The van der Waals surface area contributed by atoms with Gasteiger partial charge in [0, 0.05) is 16.7 Å². The van der Waals surface area contributed by atoms with Gasteiger partial charge in [-0.1, -0.05) is 53.7 Å². The molecule has 2 aromatic carbocycles. The summed E-state index contributed by atoms with van der Waals surface area (Å²) in [5.74, 6) is -0.161. The van der Waals surface area contributed by atoms with Gasteiger partial charge in [0.25, 0.3) is 0 Å². The molecule has 0 spiro atoms. The van der Waals surface area contributed by atoms with E-state index in [2.05, 4.69) is 5.32 Å². The van der Waals surface area contributed by atoms with Gasteiger partial charge in [0.1, 0.15) is 0 Å². The van der Waals surface area contributed by atoms with E-state index in [9.17, 15) is 4.79 Å². The van der Waals surface area contributed by atoms with E-state index in [4.69, 9.17) is 11.6 Å². The van der Waals surface area contributed by atoms with Crippen molar-refractivity contribution >= 4 is 35.0 Å². The van der Waals surface area contributed by atoms with Gasteiger partial charge in [-0.2, -0.15) is 0 Å². The van der Waals surface area contributed by atoms with Gasteiger partial charge in [-0.15, -0.1) is 0 Å². The number of carbonyl (C=O) groups is 1. The normalized spacial score (nSPS) is 10.6. The minimum atomic E-state index is -0.161. The molecule has 0 radical (unpaired) electrons. The Morgan fingerprint density at radius 3 is 2.47 bits per heavy atom. The standard InChI is InChI=1S/C15H12ClNOS/c16-13-8-4-5-9-14(13)19-11-10-15(18)17-12-6-2-1-3-7-12/h1-11H,(H,17,18). The molecule has 0 unspecified atom stereocenters. The number of hydrogen-bond donors (Lipinski definition) is 1. The van der Waals surface area contributed by atoms with Gasteiger partial charge in [0.2, 0.25) is 5.91 Å². The molecule has 19 heavy (non-hydrogen) atoms. The number of thioether (sulfide) groups is 1. The van der Waals surface area contributed by atoms with Crippen LogP contribution in [0.5, 0.6) is 0 Å². The van der Waals surface area contributed by atoms with E-state index < -0.39 is 0 Å². The van der Waals surface area contributed by atoms with Crippen LogP contribution in [0.4, 0.5) is 5.69 Å². The lowest BCUT2D eigenvalue weighted by molar-refractivity contribution is -0.111. The highest BCUT2D eigenvalue weighted by Crippen LogP contribution is 2.27. The van der Waals surface area contributed by atoms with Crippen molar-refractivity contribution in [2.24, 2.45) is 0 Å². The number of anilines is 1. The van der Waals surface area contributed by atoms with Crippen molar-refractivity contribution in [3.8, 4) is 0 Å². The molecule has 0 aliphatic carbocycles. The van der Waals surface area contributed by atoms with E-state index in [1.165, 1.54) is 17.8 Å². The highest BCUT2D eigenvalue weighted by molar-refractivity contribution is 8.02. The van der Waals surface area contributed by atoms with E-state index in [1.54, 1.807) is 5.41 Å². The molecule has 0 aliphatic heterocycles. The molecular formula is C15H12ClNOS. The Kier molecular flexibility index (Phi) is 5.07. The maximum absolute atomic E-state index is 11.6. The number of benzene rings is 2. The Bertz CT molecular complexity index is 584. The second kappa shape index (κ2) is 7.02. The van der Waals surface area contributed by atoms with Crippen molar-refractivity contribution in [1.82, 2.24) is 0 Å². The highest BCUT2D eigenvalue weighted by Gasteiger charge is 1.98. The fourth-order valence-corrected chi connectivity index (χ4v) is 2.36. The molecule has 1 N–H and O–H groups in total. The Morgan fingerprint density at radius 1 is 1.05 bits per heavy atom. The first-order valence-corrected chi connectivity index (χ1v) is 6.95. The second-order valence-electron chi connectivity index (χ2n) is 3.71. The lowest BCUT2D eigenvalue weighted by Gasteiger charge is -2.01. The topological polar surface area (TPSA) is 29.1 Å². The van der Waals surface area contributed by atoms with Crippen LogP contribution in [-0.2, 0) is 4.79 Å². The van der Waals surface area contributed by atoms with Crippen LogP contribution < -0.4 is 5.32 Å². The summed E-state index contributed by atoms with van der Waals surface area (Å²) in [6, 6.07) is 16.8. The summed E-state index contributed by atoms with van der Waals surface area (Å²) in [5.41, 5.74) is 0.778. The molecule has 2 aromatic rings. The number of carbonyl (C=O) groups excluding carboxylic acids is 1. The predicted octanol–water partition coefficient (Wildman–Crippen LogP) is 4.58. The van der Waals surface area contributed by atoms with Gasteiger partial charge in [0.05, 0.1) is 5.02 Å². The lowest BCUT2D eigenvalue weighted by atomic mass is 10.3. The maximum atomic E-state index is 11.6. The molecule has 0 atom stereocenters. The van der Waals surface area contributed by atoms with Gasteiger partial charge in [-0.3, -0.25) is 4.79 Å². The molecule has 0 aliphatic rings. The summed E-state index contributed by atoms with van der Waals surface area (Å²) < 4.78 is 0. The van der Waals surface area contributed by atoms with E-state index in [1.807, 2.05) is 54.6 Å². The average Bonchev–Trinajstić information content (AvgIpc) is 2.42. The zero-order chi connectivity index (χ0) is 13.5. The van der Waals surface area contributed by atoms with Gasteiger partial charge in [0.15, 0.2) is 0 Å². The smallest absolute Gasteiger partial charge is 0.248 e. The molecule has 0 heterocycles. The summed E-state index contributed by atoms with van der Waals surface area (Å²) >= 11 is 7.43. The van der Waals surface area contributed by atoms with Crippen molar-refractivity contribution in [3.05, 3.63) is 71.1 Å².